The first-order chi connectivity index (χ1) is 12.6. The Morgan fingerprint density at radius 3 is 2.88 bits per heavy atom. The van der Waals surface area contributed by atoms with E-state index in [1.165, 1.54) is 13.0 Å². The fourth-order valence-electron chi connectivity index (χ4n) is 3.61. The number of benzene rings is 1. The standard InChI is InChI=1S/C20H17NO5/c1-11(22)15-8-21-6-5-14-13-3-2-4-18(25-12-9-24-10-12)20(13)26-19(14)16(21)7-17(15)23/h2-4,7-8,12H,5-6,9-10H2,1H3. The Labute approximate surface area is 148 Å². The first-order valence-electron chi connectivity index (χ1n) is 8.66. The summed E-state index contributed by atoms with van der Waals surface area (Å²) in [6, 6.07) is 7.35. The van der Waals surface area contributed by atoms with Crippen molar-refractivity contribution in [3.63, 3.8) is 0 Å². The van der Waals surface area contributed by atoms with Gasteiger partial charge in [-0.1, -0.05) is 12.1 Å². The average Bonchev–Trinajstić information content (AvgIpc) is 2.97. The van der Waals surface area contributed by atoms with Crippen LogP contribution in [0.1, 0.15) is 22.8 Å². The SMILES string of the molecule is CC(=O)c1cn2c(cc1=O)-c1oc3c(OC4COC4)cccc3c1CC2. The van der Waals surface area contributed by atoms with Gasteiger partial charge in [-0.25, -0.2) is 0 Å². The van der Waals surface area contributed by atoms with Gasteiger partial charge in [-0.05, 0) is 19.4 Å². The van der Waals surface area contributed by atoms with E-state index in [1.54, 1.807) is 6.20 Å². The average molecular weight is 351 g/mol. The number of para-hydroxylation sites is 1. The van der Waals surface area contributed by atoms with E-state index in [9.17, 15) is 9.59 Å². The van der Waals surface area contributed by atoms with Crippen LogP contribution in [-0.2, 0) is 17.7 Å². The van der Waals surface area contributed by atoms with Gasteiger partial charge in [0.15, 0.2) is 28.3 Å². The normalized spacial score (nSPS) is 16.0. The molecule has 0 unspecified atom stereocenters. The Hall–Kier alpha value is -2.86. The van der Waals surface area contributed by atoms with Gasteiger partial charge < -0.3 is 18.5 Å². The molecule has 0 spiro atoms. The summed E-state index contributed by atoms with van der Waals surface area (Å²) >= 11 is 0. The third-order valence-electron chi connectivity index (χ3n) is 5.03. The van der Waals surface area contributed by atoms with Gasteiger partial charge in [-0.2, -0.15) is 0 Å². The number of nitrogens with zero attached hydrogens (tertiary/aromatic N) is 1. The lowest BCUT2D eigenvalue weighted by atomic mass is 10.0. The molecule has 2 aliphatic rings. The van der Waals surface area contributed by atoms with Gasteiger partial charge >= 0.3 is 0 Å². The van der Waals surface area contributed by atoms with Crippen LogP contribution in [0.3, 0.4) is 0 Å². The molecule has 1 aromatic carbocycles. The molecule has 0 aliphatic carbocycles. The molecule has 2 aliphatic heterocycles. The maximum absolute atomic E-state index is 12.3. The molecule has 1 saturated heterocycles. The molecule has 4 heterocycles. The minimum absolute atomic E-state index is 0.0516. The first-order valence-corrected chi connectivity index (χ1v) is 8.66. The van der Waals surface area contributed by atoms with E-state index in [2.05, 4.69) is 0 Å². The highest BCUT2D eigenvalue weighted by Crippen LogP contribution is 2.40. The monoisotopic (exact) mass is 351 g/mol. The van der Waals surface area contributed by atoms with E-state index in [-0.39, 0.29) is 22.9 Å². The summed E-state index contributed by atoms with van der Waals surface area (Å²) in [6.45, 7) is 3.28. The number of ether oxygens (including phenoxy) is 2. The van der Waals surface area contributed by atoms with Crippen LogP contribution in [0.5, 0.6) is 5.75 Å². The zero-order valence-electron chi connectivity index (χ0n) is 14.3. The molecule has 6 nitrogen and oxygen atoms in total. The molecule has 0 bridgehead atoms. The van der Waals surface area contributed by atoms with E-state index >= 15 is 0 Å². The Kier molecular flexibility index (Phi) is 3.30. The predicted molar refractivity (Wildman–Crippen MR) is 94.9 cm³/mol. The third kappa shape index (κ3) is 2.22. The zero-order chi connectivity index (χ0) is 17.8. The number of carbonyl (C=O) groups excluding carboxylic acids is 1. The van der Waals surface area contributed by atoms with Crippen molar-refractivity contribution < 1.29 is 18.7 Å². The Bertz CT molecular complexity index is 1100. The van der Waals surface area contributed by atoms with E-state index < -0.39 is 0 Å². The van der Waals surface area contributed by atoms with Crippen molar-refractivity contribution in [2.24, 2.45) is 0 Å². The number of pyridine rings is 1. The van der Waals surface area contributed by atoms with Crippen molar-refractivity contribution >= 4 is 16.8 Å². The summed E-state index contributed by atoms with van der Waals surface area (Å²) in [7, 11) is 0. The van der Waals surface area contributed by atoms with Crippen LogP contribution in [0.15, 0.2) is 39.7 Å². The van der Waals surface area contributed by atoms with Crippen molar-refractivity contribution in [2.75, 3.05) is 13.2 Å². The lowest BCUT2D eigenvalue weighted by Crippen LogP contribution is -2.38. The number of fused-ring (bicyclic) bond motifs is 5. The van der Waals surface area contributed by atoms with Crippen LogP contribution < -0.4 is 10.2 Å². The van der Waals surface area contributed by atoms with Gasteiger partial charge in [0.05, 0.1) is 24.5 Å². The molecule has 0 radical (unpaired) electrons. The van der Waals surface area contributed by atoms with Crippen molar-refractivity contribution in [3.05, 3.63) is 51.8 Å². The second-order valence-electron chi connectivity index (χ2n) is 6.76. The van der Waals surface area contributed by atoms with Crippen LogP contribution in [-0.4, -0.2) is 29.7 Å². The summed E-state index contributed by atoms with van der Waals surface area (Å²) in [4.78, 5) is 24.0. The number of aromatic nitrogens is 1. The largest absolute Gasteiger partial charge is 0.482 e. The Balaban J connectivity index is 1.68. The smallest absolute Gasteiger partial charge is 0.193 e. The van der Waals surface area contributed by atoms with Crippen molar-refractivity contribution in [1.29, 1.82) is 0 Å². The molecule has 6 heteroatoms. The van der Waals surface area contributed by atoms with Crippen LogP contribution in [0, 0.1) is 0 Å². The van der Waals surface area contributed by atoms with Crippen molar-refractivity contribution in [2.45, 2.75) is 26.0 Å². The molecule has 26 heavy (non-hydrogen) atoms. The lowest BCUT2D eigenvalue weighted by molar-refractivity contribution is -0.0793. The molecule has 0 saturated carbocycles. The molecule has 1 fully saturated rings. The number of carbonyl (C=O) groups is 1. The topological polar surface area (TPSA) is 70.7 Å². The van der Waals surface area contributed by atoms with E-state index in [0.717, 1.165) is 17.4 Å². The van der Waals surface area contributed by atoms with Gasteiger partial charge in [0.1, 0.15) is 6.10 Å². The number of hydrogen-bond donors (Lipinski definition) is 0. The Morgan fingerprint density at radius 1 is 1.31 bits per heavy atom. The zero-order valence-corrected chi connectivity index (χ0v) is 14.3. The highest BCUT2D eigenvalue weighted by Gasteiger charge is 2.27. The molecule has 2 aromatic heterocycles. The third-order valence-corrected chi connectivity index (χ3v) is 5.03. The maximum Gasteiger partial charge on any atom is 0.193 e. The summed E-state index contributed by atoms with van der Waals surface area (Å²) in [6.07, 6.45) is 2.46. The second-order valence-corrected chi connectivity index (χ2v) is 6.76. The Morgan fingerprint density at radius 2 is 2.15 bits per heavy atom. The molecule has 5 rings (SSSR count). The fraction of sp³-hybridized carbons (Fsp3) is 0.300. The van der Waals surface area contributed by atoms with Crippen molar-refractivity contribution in [1.82, 2.24) is 4.57 Å². The van der Waals surface area contributed by atoms with E-state index in [1.807, 2.05) is 22.8 Å². The van der Waals surface area contributed by atoms with Gasteiger partial charge in [-0.15, -0.1) is 0 Å². The van der Waals surface area contributed by atoms with Gasteiger partial charge in [0.25, 0.3) is 0 Å². The highest BCUT2D eigenvalue weighted by molar-refractivity contribution is 5.95. The molecular formula is C20H17NO5. The maximum atomic E-state index is 12.3. The van der Waals surface area contributed by atoms with Gasteiger partial charge in [0.2, 0.25) is 0 Å². The number of ketones is 1. The van der Waals surface area contributed by atoms with E-state index in [4.69, 9.17) is 13.9 Å². The summed E-state index contributed by atoms with van der Waals surface area (Å²) in [5.41, 5.74) is 2.41. The minimum atomic E-state index is -0.278. The van der Waals surface area contributed by atoms with Crippen LogP contribution >= 0.6 is 0 Å². The summed E-state index contributed by atoms with van der Waals surface area (Å²) < 4.78 is 19.2. The molecular weight excluding hydrogens is 334 g/mol. The van der Waals surface area contributed by atoms with Gasteiger partial charge in [-0.3, -0.25) is 9.59 Å². The number of aryl methyl sites for hydroxylation is 2. The molecule has 132 valence electrons. The van der Waals surface area contributed by atoms with Crippen molar-refractivity contribution in [3.8, 4) is 17.2 Å². The quantitative estimate of drug-likeness (QED) is 0.679. The lowest BCUT2D eigenvalue weighted by Gasteiger charge is -2.26. The summed E-state index contributed by atoms with van der Waals surface area (Å²) in [5, 5.41) is 1.01. The van der Waals surface area contributed by atoms with Crippen LogP contribution in [0.25, 0.3) is 22.4 Å². The predicted octanol–water partition coefficient (Wildman–Crippen LogP) is 2.80. The molecule has 3 aromatic rings. The number of rotatable bonds is 3. The number of furan rings is 1. The molecule has 0 amide bonds. The first kappa shape index (κ1) is 15.4. The summed E-state index contributed by atoms with van der Waals surface area (Å²) in [5.74, 6) is 1.15. The number of hydrogen-bond acceptors (Lipinski definition) is 5. The second kappa shape index (κ2) is 5.57. The molecule has 0 atom stereocenters. The number of Topliss-reactive ketones (excluding diaryl/α,β-unsaturated/α-hetero) is 1. The van der Waals surface area contributed by atoms with E-state index in [0.29, 0.717) is 42.5 Å². The fourth-order valence-corrected chi connectivity index (χ4v) is 3.61. The van der Waals surface area contributed by atoms with Crippen LogP contribution in [0.2, 0.25) is 0 Å². The molecule has 0 N–H and O–H groups in total. The highest BCUT2D eigenvalue weighted by atomic mass is 16.6. The minimum Gasteiger partial charge on any atom is -0.482 e. The van der Waals surface area contributed by atoms with Crippen LogP contribution in [0.4, 0.5) is 0 Å². The van der Waals surface area contributed by atoms with Gasteiger partial charge in [0, 0.05) is 29.8 Å².